The molecule has 11 heteroatoms. The molecule has 0 aliphatic heterocycles. The van der Waals surface area contributed by atoms with Gasteiger partial charge in [-0.25, -0.2) is 9.78 Å². The SMILES string of the molecule is Cn1c(=O)n(Cc2ccc(C(C)(O)C(F)(F)F)nc2)c(=O)c2c1ncn2CC1=CC1. The zero-order valence-corrected chi connectivity index (χ0v) is 16.1. The van der Waals surface area contributed by atoms with E-state index in [1.165, 1.54) is 24.0 Å². The van der Waals surface area contributed by atoms with Gasteiger partial charge in [-0.15, -0.1) is 0 Å². The van der Waals surface area contributed by atoms with E-state index < -0.39 is 28.7 Å². The van der Waals surface area contributed by atoms with Crippen LogP contribution in [0.2, 0.25) is 0 Å². The third-order valence-electron chi connectivity index (χ3n) is 5.18. The zero-order chi connectivity index (χ0) is 21.8. The number of halogens is 3. The van der Waals surface area contributed by atoms with E-state index in [4.69, 9.17) is 0 Å². The lowest BCUT2D eigenvalue weighted by molar-refractivity contribution is -0.260. The lowest BCUT2D eigenvalue weighted by Crippen LogP contribution is -2.40. The minimum absolute atomic E-state index is 0.184. The summed E-state index contributed by atoms with van der Waals surface area (Å²) in [6.07, 6.45) is 0.617. The molecular formula is C19H18F3N5O3. The first-order valence-electron chi connectivity index (χ1n) is 9.08. The van der Waals surface area contributed by atoms with Crippen molar-refractivity contribution in [2.24, 2.45) is 7.05 Å². The van der Waals surface area contributed by atoms with Gasteiger partial charge >= 0.3 is 11.9 Å². The number of imidazole rings is 1. The quantitative estimate of drug-likeness (QED) is 0.629. The summed E-state index contributed by atoms with van der Waals surface area (Å²) in [5.74, 6) is 0. The maximum atomic E-state index is 13.0. The monoisotopic (exact) mass is 421 g/mol. The van der Waals surface area contributed by atoms with Crippen molar-refractivity contribution in [2.75, 3.05) is 0 Å². The standard InChI is InChI=1S/C19H18F3N5O3/c1-18(30,19(20,21)22)13-6-5-12(7-23-13)9-27-16(28)14-15(25(2)17(27)29)24-10-26(14)8-11-3-4-11/h3,5-7,10,30H,4,8-9H2,1-2H3. The van der Waals surface area contributed by atoms with E-state index in [0.29, 0.717) is 19.0 Å². The van der Waals surface area contributed by atoms with Gasteiger partial charge < -0.3 is 9.67 Å². The van der Waals surface area contributed by atoms with Gasteiger partial charge in [-0.05, 0) is 25.0 Å². The second-order valence-corrected chi connectivity index (χ2v) is 7.47. The predicted octanol–water partition coefficient (Wildman–Crippen LogP) is 1.44. The first kappa shape index (κ1) is 20.1. The summed E-state index contributed by atoms with van der Waals surface area (Å²) in [6.45, 7) is 0.934. The Kier molecular flexibility index (Phi) is 4.46. The highest BCUT2D eigenvalue weighted by molar-refractivity contribution is 5.70. The van der Waals surface area contributed by atoms with Crippen LogP contribution in [0.25, 0.3) is 11.2 Å². The van der Waals surface area contributed by atoms with Gasteiger partial charge in [0.15, 0.2) is 16.8 Å². The van der Waals surface area contributed by atoms with Crippen molar-refractivity contribution in [3.8, 4) is 0 Å². The maximum absolute atomic E-state index is 13.0. The Hall–Kier alpha value is -3.21. The predicted molar refractivity (Wildman–Crippen MR) is 101 cm³/mol. The molecule has 0 aromatic carbocycles. The molecule has 8 nitrogen and oxygen atoms in total. The molecule has 1 unspecified atom stereocenters. The average molecular weight is 421 g/mol. The molecule has 1 atom stereocenters. The summed E-state index contributed by atoms with van der Waals surface area (Å²) in [7, 11) is 1.50. The van der Waals surface area contributed by atoms with Crippen LogP contribution in [0.1, 0.15) is 24.6 Å². The molecule has 0 saturated heterocycles. The Morgan fingerprint density at radius 1 is 1.17 bits per heavy atom. The van der Waals surface area contributed by atoms with Gasteiger partial charge in [0.2, 0.25) is 0 Å². The van der Waals surface area contributed by atoms with Crippen LogP contribution in [0.3, 0.4) is 0 Å². The Balaban J connectivity index is 1.73. The largest absolute Gasteiger partial charge is 0.422 e. The molecule has 0 bridgehead atoms. The Morgan fingerprint density at radius 2 is 1.87 bits per heavy atom. The molecule has 158 valence electrons. The van der Waals surface area contributed by atoms with Crippen LogP contribution in [-0.4, -0.2) is 35.0 Å². The number of aliphatic hydroxyl groups is 1. The summed E-state index contributed by atoms with van der Waals surface area (Å²) >= 11 is 0. The van der Waals surface area contributed by atoms with Crippen LogP contribution in [0.15, 0.2) is 45.9 Å². The summed E-state index contributed by atoms with van der Waals surface area (Å²) in [4.78, 5) is 33.5. The molecule has 1 N–H and O–H groups in total. The van der Waals surface area contributed by atoms with Crippen molar-refractivity contribution in [3.63, 3.8) is 0 Å². The number of nitrogens with zero attached hydrogens (tertiary/aromatic N) is 5. The van der Waals surface area contributed by atoms with Crippen molar-refractivity contribution in [1.82, 2.24) is 23.7 Å². The second kappa shape index (κ2) is 6.66. The van der Waals surface area contributed by atoms with Gasteiger partial charge in [0.25, 0.3) is 5.56 Å². The van der Waals surface area contributed by atoms with E-state index in [-0.39, 0.29) is 17.7 Å². The lowest BCUT2D eigenvalue weighted by Gasteiger charge is -2.25. The third-order valence-corrected chi connectivity index (χ3v) is 5.18. The second-order valence-electron chi connectivity index (χ2n) is 7.47. The molecule has 1 aliphatic rings. The van der Waals surface area contributed by atoms with Crippen LogP contribution in [-0.2, 0) is 25.7 Å². The molecule has 0 amide bonds. The van der Waals surface area contributed by atoms with Gasteiger partial charge in [-0.3, -0.25) is 18.9 Å². The maximum Gasteiger partial charge on any atom is 0.422 e. The average Bonchev–Trinajstić information content (AvgIpc) is 3.40. The molecule has 0 spiro atoms. The Labute approximate surface area is 167 Å². The van der Waals surface area contributed by atoms with E-state index >= 15 is 0 Å². The van der Waals surface area contributed by atoms with E-state index in [2.05, 4.69) is 9.97 Å². The summed E-state index contributed by atoms with van der Waals surface area (Å²) < 4.78 is 42.8. The molecule has 0 fully saturated rings. The van der Waals surface area contributed by atoms with Crippen LogP contribution < -0.4 is 11.2 Å². The number of fused-ring (bicyclic) bond motifs is 1. The highest BCUT2D eigenvalue weighted by Crippen LogP contribution is 2.37. The normalized spacial score (nSPS) is 15.9. The van der Waals surface area contributed by atoms with Crippen LogP contribution in [0.5, 0.6) is 0 Å². The van der Waals surface area contributed by atoms with Gasteiger partial charge in [0.1, 0.15) is 0 Å². The van der Waals surface area contributed by atoms with Crippen molar-refractivity contribution in [2.45, 2.75) is 38.2 Å². The van der Waals surface area contributed by atoms with Crippen LogP contribution in [0, 0.1) is 0 Å². The lowest BCUT2D eigenvalue weighted by atomic mass is 10.0. The number of hydrogen-bond acceptors (Lipinski definition) is 5. The molecule has 3 aromatic heterocycles. The molecule has 3 heterocycles. The first-order chi connectivity index (χ1) is 14.0. The van der Waals surface area contributed by atoms with Gasteiger partial charge in [-0.2, -0.15) is 13.2 Å². The number of hydrogen-bond donors (Lipinski definition) is 1. The fourth-order valence-corrected chi connectivity index (χ4v) is 3.14. The molecule has 3 aromatic rings. The highest BCUT2D eigenvalue weighted by atomic mass is 19.4. The molecule has 0 radical (unpaired) electrons. The fraction of sp³-hybridized carbons (Fsp3) is 0.368. The van der Waals surface area contributed by atoms with Crippen molar-refractivity contribution >= 4 is 11.2 Å². The summed E-state index contributed by atoms with van der Waals surface area (Å²) in [5, 5.41) is 9.72. The van der Waals surface area contributed by atoms with Crippen molar-refractivity contribution in [3.05, 3.63) is 68.4 Å². The number of aromatic nitrogens is 5. The third kappa shape index (κ3) is 3.24. The highest BCUT2D eigenvalue weighted by Gasteiger charge is 2.52. The van der Waals surface area contributed by atoms with E-state index in [0.717, 1.165) is 28.8 Å². The topological polar surface area (TPSA) is 94.9 Å². The number of rotatable bonds is 5. The van der Waals surface area contributed by atoms with E-state index in [1.807, 2.05) is 6.08 Å². The Morgan fingerprint density at radius 3 is 2.43 bits per heavy atom. The first-order valence-corrected chi connectivity index (χ1v) is 9.08. The summed E-state index contributed by atoms with van der Waals surface area (Å²) in [5.41, 5.74) is -2.80. The molecule has 1 aliphatic carbocycles. The number of pyridine rings is 1. The number of alkyl halides is 3. The number of aryl methyl sites for hydroxylation is 1. The fourth-order valence-electron chi connectivity index (χ4n) is 3.14. The smallest absolute Gasteiger partial charge is 0.375 e. The Bertz CT molecular complexity index is 1280. The molecule has 30 heavy (non-hydrogen) atoms. The van der Waals surface area contributed by atoms with Gasteiger partial charge in [0, 0.05) is 19.8 Å². The number of allylic oxidation sites excluding steroid dienone is 2. The molecule has 4 rings (SSSR count). The van der Waals surface area contributed by atoms with Gasteiger partial charge in [0.05, 0.1) is 18.6 Å². The van der Waals surface area contributed by atoms with Crippen LogP contribution in [0.4, 0.5) is 13.2 Å². The van der Waals surface area contributed by atoms with Crippen molar-refractivity contribution < 1.29 is 18.3 Å². The van der Waals surface area contributed by atoms with E-state index in [9.17, 15) is 27.9 Å². The molecule has 0 saturated carbocycles. The minimum atomic E-state index is -4.89. The van der Waals surface area contributed by atoms with Crippen LogP contribution >= 0.6 is 0 Å². The summed E-state index contributed by atoms with van der Waals surface area (Å²) in [6, 6.07) is 2.33. The van der Waals surface area contributed by atoms with Gasteiger partial charge in [-0.1, -0.05) is 17.7 Å². The van der Waals surface area contributed by atoms with Crippen molar-refractivity contribution in [1.29, 1.82) is 0 Å². The zero-order valence-electron chi connectivity index (χ0n) is 16.1. The molecular weight excluding hydrogens is 403 g/mol. The van der Waals surface area contributed by atoms with E-state index in [1.54, 1.807) is 4.57 Å². The minimum Gasteiger partial charge on any atom is -0.375 e.